The van der Waals surface area contributed by atoms with E-state index in [-0.39, 0.29) is 17.9 Å². The van der Waals surface area contributed by atoms with Gasteiger partial charge in [-0.15, -0.1) is 0 Å². The highest BCUT2D eigenvalue weighted by molar-refractivity contribution is 5.79. The van der Waals surface area contributed by atoms with Crippen molar-refractivity contribution in [2.75, 3.05) is 0 Å². The highest BCUT2D eigenvalue weighted by Crippen LogP contribution is 2.24. The van der Waals surface area contributed by atoms with Crippen LogP contribution in [0, 0.1) is 5.92 Å². The van der Waals surface area contributed by atoms with Crippen molar-refractivity contribution in [2.45, 2.75) is 51.5 Å². The SMILES string of the molecule is CCc1cccc(CC(=O)NC2CCC(C(=O)O)CC2)c1. The van der Waals surface area contributed by atoms with Crippen molar-refractivity contribution in [3.63, 3.8) is 0 Å². The van der Waals surface area contributed by atoms with Gasteiger partial charge in [0.2, 0.25) is 5.91 Å². The summed E-state index contributed by atoms with van der Waals surface area (Å²) in [5.41, 5.74) is 2.27. The van der Waals surface area contributed by atoms with Crippen molar-refractivity contribution in [2.24, 2.45) is 5.92 Å². The Morgan fingerprint density at radius 3 is 2.48 bits per heavy atom. The number of carbonyl (C=O) groups excluding carboxylic acids is 1. The predicted molar refractivity (Wildman–Crippen MR) is 81.0 cm³/mol. The molecule has 1 amide bonds. The number of benzene rings is 1. The van der Waals surface area contributed by atoms with Crippen LogP contribution in [-0.2, 0) is 22.4 Å². The van der Waals surface area contributed by atoms with Gasteiger partial charge in [0, 0.05) is 6.04 Å². The highest BCUT2D eigenvalue weighted by atomic mass is 16.4. The molecule has 1 saturated carbocycles. The van der Waals surface area contributed by atoms with E-state index in [0.29, 0.717) is 19.3 Å². The molecule has 1 aliphatic rings. The molecule has 0 radical (unpaired) electrons. The van der Waals surface area contributed by atoms with Gasteiger partial charge >= 0.3 is 5.97 Å². The first-order valence-corrected chi connectivity index (χ1v) is 7.68. The summed E-state index contributed by atoms with van der Waals surface area (Å²) >= 11 is 0. The molecule has 2 rings (SSSR count). The fourth-order valence-electron chi connectivity index (χ4n) is 2.91. The predicted octanol–water partition coefficient (Wildman–Crippen LogP) is 2.55. The molecule has 1 aliphatic carbocycles. The Kier molecular flexibility index (Phi) is 5.37. The zero-order chi connectivity index (χ0) is 15.2. The Morgan fingerprint density at radius 2 is 1.86 bits per heavy atom. The molecule has 4 nitrogen and oxygen atoms in total. The van der Waals surface area contributed by atoms with Crippen molar-refractivity contribution in [3.8, 4) is 0 Å². The van der Waals surface area contributed by atoms with E-state index in [4.69, 9.17) is 5.11 Å². The second-order valence-corrected chi connectivity index (χ2v) is 5.80. The van der Waals surface area contributed by atoms with Gasteiger partial charge in [-0.25, -0.2) is 0 Å². The van der Waals surface area contributed by atoms with E-state index in [1.54, 1.807) is 0 Å². The summed E-state index contributed by atoms with van der Waals surface area (Å²) < 4.78 is 0. The Morgan fingerprint density at radius 1 is 1.19 bits per heavy atom. The highest BCUT2D eigenvalue weighted by Gasteiger charge is 2.26. The summed E-state index contributed by atoms with van der Waals surface area (Å²) in [7, 11) is 0. The van der Waals surface area contributed by atoms with Gasteiger partial charge in [0.25, 0.3) is 0 Å². The average molecular weight is 289 g/mol. The lowest BCUT2D eigenvalue weighted by atomic mass is 9.86. The van der Waals surface area contributed by atoms with Crippen molar-refractivity contribution >= 4 is 11.9 Å². The second-order valence-electron chi connectivity index (χ2n) is 5.80. The molecule has 0 spiro atoms. The molecule has 0 unspecified atom stereocenters. The van der Waals surface area contributed by atoms with E-state index >= 15 is 0 Å². The molecule has 1 aromatic carbocycles. The molecule has 4 heteroatoms. The number of carboxylic acid groups (broad SMARTS) is 1. The van der Waals surface area contributed by atoms with E-state index in [2.05, 4.69) is 24.4 Å². The standard InChI is InChI=1S/C17H23NO3/c1-2-12-4-3-5-13(10-12)11-16(19)18-15-8-6-14(7-9-15)17(20)21/h3-5,10,14-15H,2,6-9,11H2,1H3,(H,18,19)(H,20,21). The van der Waals surface area contributed by atoms with Crippen LogP contribution in [-0.4, -0.2) is 23.0 Å². The monoisotopic (exact) mass is 289 g/mol. The van der Waals surface area contributed by atoms with Crippen LogP contribution in [0.1, 0.15) is 43.7 Å². The Bertz CT molecular complexity index is 505. The van der Waals surface area contributed by atoms with Crippen LogP contribution < -0.4 is 5.32 Å². The maximum Gasteiger partial charge on any atom is 0.306 e. The minimum Gasteiger partial charge on any atom is -0.481 e. The lowest BCUT2D eigenvalue weighted by Crippen LogP contribution is -2.39. The number of nitrogens with one attached hydrogen (secondary N) is 1. The lowest BCUT2D eigenvalue weighted by Gasteiger charge is -2.26. The number of carbonyl (C=O) groups is 2. The zero-order valence-corrected chi connectivity index (χ0v) is 12.5. The van der Waals surface area contributed by atoms with Crippen molar-refractivity contribution in [3.05, 3.63) is 35.4 Å². The molecular weight excluding hydrogens is 266 g/mol. The number of aliphatic carboxylic acids is 1. The molecule has 0 aromatic heterocycles. The first kappa shape index (κ1) is 15.5. The minimum atomic E-state index is -0.712. The van der Waals surface area contributed by atoms with Crippen molar-refractivity contribution in [1.82, 2.24) is 5.32 Å². The zero-order valence-electron chi connectivity index (χ0n) is 12.5. The first-order valence-electron chi connectivity index (χ1n) is 7.68. The largest absolute Gasteiger partial charge is 0.481 e. The van der Waals surface area contributed by atoms with Crippen LogP contribution in [0.4, 0.5) is 0 Å². The third-order valence-electron chi connectivity index (χ3n) is 4.21. The van der Waals surface area contributed by atoms with E-state index < -0.39 is 5.97 Å². The second kappa shape index (κ2) is 7.25. The number of aryl methyl sites for hydroxylation is 1. The summed E-state index contributed by atoms with van der Waals surface area (Å²) in [6.07, 6.45) is 4.20. The fourth-order valence-corrected chi connectivity index (χ4v) is 2.91. The fraction of sp³-hybridized carbons (Fsp3) is 0.529. The van der Waals surface area contributed by atoms with Crippen LogP contribution in [0.25, 0.3) is 0 Å². The molecule has 2 N–H and O–H groups in total. The van der Waals surface area contributed by atoms with Crippen molar-refractivity contribution < 1.29 is 14.7 Å². The van der Waals surface area contributed by atoms with Crippen LogP contribution in [0.5, 0.6) is 0 Å². The number of carboxylic acids is 1. The quantitative estimate of drug-likeness (QED) is 0.875. The van der Waals surface area contributed by atoms with Gasteiger partial charge in [-0.2, -0.15) is 0 Å². The third-order valence-corrected chi connectivity index (χ3v) is 4.21. The molecule has 0 bridgehead atoms. The Hall–Kier alpha value is -1.84. The summed E-state index contributed by atoms with van der Waals surface area (Å²) in [6.45, 7) is 2.10. The van der Waals surface area contributed by atoms with Gasteiger partial charge in [-0.3, -0.25) is 9.59 Å². The van der Waals surface area contributed by atoms with Crippen LogP contribution in [0.3, 0.4) is 0 Å². The van der Waals surface area contributed by atoms with Gasteiger partial charge in [-0.1, -0.05) is 31.2 Å². The van der Waals surface area contributed by atoms with Gasteiger partial charge < -0.3 is 10.4 Å². The molecule has 1 fully saturated rings. The van der Waals surface area contributed by atoms with Crippen LogP contribution in [0.2, 0.25) is 0 Å². The molecule has 0 saturated heterocycles. The topological polar surface area (TPSA) is 66.4 Å². The van der Waals surface area contributed by atoms with E-state index in [9.17, 15) is 9.59 Å². The maximum atomic E-state index is 12.1. The number of rotatable bonds is 5. The molecule has 0 atom stereocenters. The number of amides is 1. The summed E-state index contributed by atoms with van der Waals surface area (Å²) in [5.74, 6) is -0.919. The number of hydrogen-bond acceptors (Lipinski definition) is 2. The molecule has 0 heterocycles. The number of hydrogen-bond donors (Lipinski definition) is 2. The van der Waals surface area contributed by atoms with Crippen LogP contribution in [0.15, 0.2) is 24.3 Å². The smallest absolute Gasteiger partial charge is 0.306 e. The minimum absolute atomic E-state index is 0.0297. The van der Waals surface area contributed by atoms with Gasteiger partial charge in [0.05, 0.1) is 12.3 Å². The average Bonchev–Trinajstić information content (AvgIpc) is 2.47. The van der Waals surface area contributed by atoms with E-state index in [0.717, 1.165) is 24.8 Å². The summed E-state index contributed by atoms with van der Waals surface area (Å²) in [5, 5.41) is 12.0. The first-order chi connectivity index (χ1) is 10.1. The van der Waals surface area contributed by atoms with E-state index in [1.165, 1.54) is 5.56 Å². The molecular formula is C17H23NO3. The lowest BCUT2D eigenvalue weighted by molar-refractivity contribution is -0.142. The van der Waals surface area contributed by atoms with Gasteiger partial charge in [0.15, 0.2) is 0 Å². The summed E-state index contributed by atoms with van der Waals surface area (Å²) in [6, 6.07) is 8.22. The maximum absolute atomic E-state index is 12.1. The molecule has 0 aliphatic heterocycles. The van der Waals surface area contributed by atoms with Crippen LogP contribution >= 0.6 is 0 Å². The Balaban J connectivity index is 1.81. The van der Waals surface area contributed by atoms with E-state index in [1.807, 2.05) is 12.1 Å². The van der Waals surface area contributed by atoms with Gasteiger partial charge in [0.1, 0.15) is 0 Å². The molecule has 21 heavy (non-hydrogen) atoms. The van der Waals surface area contributed by atoms with Gasteiger partial charge in [-0.05, 0) is 43.2 Å². The molecule has 114 valence electrons. The summed E-state index contributed by atoms with van der Waals surface area (Å²) in [4.78, 5) is 23.0. The Labute approximate surface area is 125 Å². The third kappa shape index (κ3) is 4.59. The normalized spacial score (nSPS) is 21.8. The molecule has 1 aromatic rings. The van der Waals surface area contributed by atoms with Crippen molar-refractivity contribution in [1.29, 1.82) is 0 Å².